The number of benzene rings is 2. The van der Waals surface area contributed by atoms with Gasteiger partial charge in [-0.05, 0) is 24.0 Å². The summed E-state index contributed by atoms with van der Waals surface area (Å²) in [6.07, 6.45) is 6.72. The van der Waals surface area contributed by atoms with Crippen molar-refractivity contribution in [3.05, 3.63) is 77.4 Å². The molecule has 2 rings (SSSR count). The average molecular weight is 264 g/mol. The number of allylic oxidation sites excluding steroid dienone is 1. The predicted octanol–water partition coefficient (Wildman–Crippen LogP) is 4.93. The Morgan fingerprint density at radius 2 is 1.70 bits per heavy atom. The molecule has 0 heterocycles. The summed E-state index contributed by atoms with van der Waals surface area (Å²) in [4.78, 5) is 11.9. The summed E-state index contributed by atoms with van der Waals surface area (Å²) in [5.74, 6) is 0.229. The van der Waals surface area contributed by atoms with Gasteiger partial charge in [-0.1, -0.05) is 73.7 Å². The summed E-state index contributed by atoms with van der Waals surface area (Å²) in [6, 6.07) is 18.2. The molecule has 0 radical (unpaired) electrons. The first-order chi connectivity index (χ1) is 9.81. The molecular formula is C19H20O. The second-order valence-corrected chi connectivity index (χ2v) is 4.79. The quantitative estimate of drug-likeness (QED) is 0.676. The maximum Gasteiger partial charge on any atom is 0.162 e. The lowest BCUT2D eigenvalue weighted by molar-refractivity contribution is 0.0987. The lowest BCUT2D eigenvalue weighted by Gasteiger charge is -2.06. The highest BCUT2D eigenvalue weighted by Crippen LogP contribution is 2.14. The minimum Gasteiger partial charge on any atom is -0.294 e. The van der Waals surface area contributed by atoms with Gasteiger partial charge in [-0.25, -0.2) is 0 Å². The van der Waals surface area contributed by atoms with Gasteiger partial charge in [-0.2, -0.15) is 0 Å². The van der Waals surface area contributed by atoms with Crippen LogP contribution >= 0.6 is 0 Å². The molecule has 0 N–H and O–H groups in total. The van der Waals surface area contributed by atoms with E-state index in [1.807, 2.05) is 43.3 Å². The van der Waals surface area contributed by atoms with Crippen molar-refractivity contribution in [1.29, 1.82) is 0 Å². The topological polar surface area (TPSA) is 17.1 Å². The fourth-order valence-electron chi connectivity index (χ4n) is 2.22. The molecule has 0 aliphatic heterocycles. The van der Waals surface area contributed by atoms with Crippen LogP contribution in [0, 0.1) is 0 Å². The number of hydrogen-bond acceptors (Lipinski definition) is 1. The van der Waals surface area contributed by atoms with E-state index in [2.05, 4.69) is 30.4 Å². The van der Waals surface area contributed by atoms with Gasteiger partial charge in [0, 0.05) is 12.0 Å². The Labute approximate surface area is 121 Å². The van der Waals surface area contributed by atoms with Crippen molar-refractivity contribution in [3.8, 4) is 0 Å². The van der Waals surface area contributed by atoms with E-state index in [0.29, 0.717) is 6.42 Å². The molecule has 2 aromatic rings. The maximum absolute atomic E-state index is 11.9. The molecule has 0 unspecified atom stereocenters. The molecule has 0 fully saturated rings. The van der Waals surface area contributed by atoms with Crippen LogP contribution in [0.25, 0.3) is 6.08 Å². The summed E-state index contributed by atoms with van der Waals surface area (Å²) in [6.45, 7) is 1.91. The first-order valence-corrected chi connectivity index (χ1v) is 7.14. The summed E-state index contributed by atoms with van der Waals surface area (Å²) in [5.41, 5.74) is 3.24. The third kappa shape index (κ3) is 3.92. The van der Waals surface area contributed by atoms with Crippen molar-refractivity contribution in [2.75, 3.05) is 0 Å². The van der Waals surface area contributed by atoms with Crippen LogP contribution in [0.15, 0.2) is 60.7 Å². The van der Waals surface area contributed by atoms with Crippen LogP contribution in [0.4, 0.5) is 0 Å². The van der Waals surface area contributed by atoms with Crippen LogP contribution in [0.5, 0.6) is 0 Å². The van der Waals surface area contributed by atoms with Gasteiger partial charge in [0.1, 0.15) is 0 Å². The molecule has 0 amide bonds. The molecule has 0 atom stereocenters. The van der Waals surface area contributed by atoms with E-state index < -0.39 is 0 Å². The molecule has 1 nitrogen and oxygen atoms in total. The molecule has 1 heteroatoms. The monoisotopic (exact) mass is 264 g/mol. The van der Waals surface area contributed by atoms with Crippen molar-refractivity contribution in [2.24, 2.45) is 0 Å². The Bertz CT molecular complexity index is 582. The molecular weight excluding hydrogens is 244 g/mol. The summed E-state index contributed by atoms with van der Waals surface area (Å²) >= 11 is 0. The van der Waals surface area contributed by atoms with Gasteiger partial charge in [0.2, 0.25) is 0 Å². The zero-order valence-corrected chi connectivity index (χ0v) is 11.9. The second kappa shape index (κ2) is 7.44. The molecule has 0 aromatic heterocycles. The molecule has 0 saturated heterocycles. The lowest BCUT2D eigenvalue weighted by atomic mass is 9.98. The van der Waals surface area contributed by atoms with Gasteiger partial charge < -0.3 is 0 Å². The Morgan fingerprint density at radius 3 is 2.45 bits per heavy atom. The minimum atomic E-state index is 0.229. The number of hydrogen-bond donors (Lipinski definition) is 0. The maximum atomic E-state index is 11.9. The molecule has 102 valence electrons. The van der Waals surface area contributed by atoms with Gasteiger partial charge in [0.05, 0.1) is 0 Å². The van der Waals surface area contributed by atoms with Crippen molar-refractivity contribution in [1.82, 2.24) is 0 Å². The van der Waals surface area contributed by atoms with Crippen molar-refractivity contribution in [2.45, 2.75) is 26.2 Å². The normalized spacial score (nSPS) is 10.8. The van der Waals surface area contributed by atoms with Gasteiger partial charge in [0.25, 0.3) is 0 Å². The van der Waals surface area contributed by atoms with E-state index in [9.17, 15) is 4.79 Å². The van der Waals surface area contributed by atoms with Crippen LogP contribution in [-0.4, -0.2) is 5.78 Å². The first kappa shape index (κ1) is 14.3. The van der Waals surface area contributed by atoms with Crippen molar-refractivity contribution < 1.29 is 4.79 Å². The van der Waals surface area contributed by atoms with E-state index in [4.69, 9.17) is 0 Å². The van der Waals surface area contributed by atoms with Crippen molar-refractivity contribution >= 4 is 11.9 Å². The first-order valence-electron chi connectivity index (χ1n) is 7.14. The summed E-state index contributed by atoms with van der Waals surface area (Å²) in [5, 5.41) is 0. The summed E-state index contributed by atoms with van der Waals surface area (Å²) < 4.78 is 0. The molecule has 0 bridgehead atoms. The standard InChI is InChI=1S/C19H20O/c1-2-19(20)18-15-9-8-14-17(18)13-7-6-12-16-10-4-3-5-11-16/h3-6,8-12,14-15H,2,7,13H2,1H3/b12-6-. The van der Waals surface area contributed by atoms with E-state index in [1.165, 1.54) is 5.56 Å². The molecule has 0 aliphatic carbocycles. The SMILES string of the molecule is CCC(=O)c1ccccc1CC/C=C\c1ccccc1. The van der Waals surface area contributed by atoms with Crippen LogP contribution in [-0.2, 0) is 6.42 Å². The number of carbonyl (C=O) groups is 1. The number of Topliss-reactive ketones (excluding diaryl/α,β-unsaturated/α-hetero) is 1. The van der Waals surface area contributed by atoms with Gasteiger partial charge in [-0.3, -0.25) is 4.79 Å². The second-order valence-electron chi connectivity index (χ2n) is 4.79. The van der Waals surface area contributed by atoms with Gasteiger partial charge >= 0.3 is 0 Å². The Kier molecular flexibility index (Phi) is 5.31. The number of carbonyl (C=O) groups excluding carboxylic acids is 1. The number of aryl methyl sites for hydroxylation is 1. The molecule has 2 aromatic carbocycles. The predicted molar refractivity (Wildman–Crippen MR) is 84.9 cm³/mol. The fourth-order valence-corrected chi connectivity index (χ4v) is 2.22. The molecule has 20 heavy (non-hydrogen) atoms. The molecule has 0 spiro atoms. The van der Waals surface area contributed by atoms with E-state index in [0.717, 1.165) is 24.0 Å². The third-order valence-corrected chi connectivity index (χ3v) is 3.33. The Hall–Kier alpha value is -2.15. The molecule has 0 saturated carbocycles. The Morgan fingerprint density at radius 1 is 1.00 bits per heavy atom. The highest BCUT2D eigenvalue weighted by atomic mass is 16.1. The third-order valence-electron chi connectivity index (χ3n) is 3.33. The fraction of sp³-hybridized carbons (Fsp3) is 0.211. The number of rotatable bonds is 6. The van der Waals surface area contributed by atoms with Crippen LogP contribution in [0.2, 0.25) is 0 Å². The van der Waals surface area contributed by atoms with Crippen molar-refractivity contribution in [3.63, 3.8) is 0 Å². The van der Waals surface area contributed by atoms with Crippen LogP contribution in [0.3, 0.4) is 0 Å². The zero-order chi connectivity index (χ0) is 14.2. The minimum absolute atomic E-state index is 0.229. The van der Waals surface area contributed by atoms with Crippen LogP contribution in [0.1, 0.15) is 41.3 Å². The van der Waals surface area contributed by atoms with E-state index in [-0.39, 0.29) is 5.78 Å². The smallest absolute Gasteiger partial charge is 0.162 e. The van der Waals surface area contributed by atoms with Gasteiger partial charge in [-0.15, -0.1) is 0 Å². The molecule has 0 aliphatic rings. The van der Waals surface area contributed by atoms with Gasteiger partial charge in [0.15, 0.2) is 5.78 Å². The number of ketones is 1. The van der Waals surface area contributed by atoms with Crippen LogP contribution < -0.4 is 0 Å². The van der Waals surface area contributed by atoms with E-state index in [1.54, 1.807) is 0 Å². The average Bonchev–Trinajstić information content (AvgIpc) is 2.52. The largest absolute Gasteiger partial charge is 0.294 e. The Balaban J connectivity index is 1.98. The summed E-state index contributed by atoms with van der Waals surface area (Å²) in [7, 11) is 0. The highest BCUT2D eigenvalue weighted by molar-refractivity contribution is 5.97. The highest BCUT2D eigenvalue weighted by Gasteiger charge is 2.07. The van der Waals surface area contributed by atoms with E-state index >= 15 is 0 Å². The lowest BCUT2D eigenvalue weighted by Crippen LogP contribution is -2.01. The zero-order valence-electron chi connectivity index (χ0n) is 11.9.